The third kappa shape index (κ3) is 2.81. The summed E-state index contributed by atoms with van der Waals surface area (Å²) in [6.07, 6.45) is -0.325. The normalized spacial score (nSPS) is 25.7. The fraction of sp³-hybridized carbons (Fsp3) is 0.500. The maximum Gasteiger partial charge on any atom is 0.266 e. The van der Waals surface area contributed by atoms with Crippen molar-refractivity contribution >= 4 is 11.8 Å². The summed E-state index contributed by atoms with van der Waals surface area (Å²) in [5.74, 6) is -5.14. The predicted octanol–water partition coefficient (Wildman–Crippen LogP) is 1.82. The van der Waals surface area contributed by atoms with Crippen LogP contribution in [0.25, 0.3) is 0 Å². The Morgan fingerprint density at radius 2 is 2.08 bits per heavy atom. The molecule has 2 saturated heterocycles. The zero-order valence-electron chi connectivity index (χ0n) is 13.1. The number of hydrogen-bond acceptors (Lipinski definition) is 3. The number of ether oxygens (including phenoxy) is 1. The highest BCUT2D eigenvalue weighted by atomic mass is 19.3. The predicted molar refractivity (Wildman–Crippen MR) is 78.5 cm³/mol. The molecule has 0 aliphatic carbocycles. The van der Waals surface area contributed by atoms with Crippen LogP contribution < -0.4 is 10.1 Å². The highest BCUT2D eigenvalue weighted by Crippen LogP contribution is 2.43. The number of piperidine rings is 1. The fourth-order valence-electron chi connectivity index (χ4n) is 3.47. The van der Waals surface area contributed by atoms with E-state index in [1.807, 2.05) is 0 Å². The highest BCUT2D eigenvalue weighted by Gasteiger charge is 2.55. The molecule has 1 aromatic rings. The Hall–Kier alpha value is -2.25. The van der Waals surface area contributed by atoms with Crippen molar-refractivity contribution in [1.29, 1.82) is 0 Å². The molecule has 0 unspecified atom stereocenters. The summed E-state index contributed by atoms with van der Waals surface area (Å²) >= 11 is 0. The average Bonchev–Trinajstić information content (AvgIpc) is 2.84. The molecular weight excluding hydrogens is 325 g/mol. The number of benzene rings is 1. The van der Waals surface area contributed by atoms with Crippen molar-refractivity contribution in [2.24, 2.45) is 5.41 Å². The second-order valence-corrected chi connectivity index (χ2v) is 6.33. The Balaban J connectivity index is 1.88. The van der Waals surface area contributed by atoms with Gasteiger partial charge in [-0.3, -0.25) is 9.59 Å². The SMILES string of the molecule is COc1ccc(C(=O)N2CC(F)(F)C[C@@]3(CCNC3=O)C2)cc1F. The minimum atomic E-state index is -3.17. The molecule has 2 amide bonds. The van der Waals surface area contributed by atoms with Crippen LogP contribution in [0.1, 0.15) is 23.2 Å². The monoisotopic (exact) mass is 342 g/mol. The molecule has 24 heavy (non-hydrogen) atoms. The Labute approximate surface area is 136 Å². The van der Waals surface area contributed by atoms with E-state index in [1.165, 1.54) is 19.2 Å². The maximum atomic E-state index is 14.1. The third-order valence-corrected chi connectivity index (χ3v) is 4.57. The summed E-state index contributed by atoms with van der Waals surface area (Å²) < 4.78 is 46.8. The van der Waals surface area contributed by atoms with E-state index in [-0.39, 0.29) is 24.3 Å². The second kappa shape index (κ2) is 5.68. The van der Waals surface area contributed by atoms with E-state index < -0.39 is 41.9 Å². The molecule has 2 heterocycles. The molecule has 3 rings (SSSR count). The van der Waals surface area contributed by atoms with Gasteiger partial charge in [-0.05, 0) is 24.6 Å². The van der Waals surface area contributed by atoms with Crippen LogP contribution >= 0.6 is 0 Å². The third-order valence-electron chi connectivity index (χ3n) is 4.57. The van der Waals surface area contributed by atoms with Gasteiger partial charge in [-0.1, -0.05) is 0 Å². The summed E-state index contributed by atoms with van der Waals surface area (Å²) in [6, 6.07) is 3.54. The van der Waals surface area contributed by atoms with Crippen molar-refractivity contribution in [2.45, 2.75) is 18.8 Å². The van der Waals surface area contributed by atoms with Crippen molar-refractivity contribution < 1.29 is 27.5 Å². The van der Waals surface area contributed by atoms with Crippen molar-refractivity contribution in [2.75, 3.05) is 26.7 Å². The van der Waals surface area contributed by atoms with Crippen LogP contribution in [0.4, 0.5) is 13.2 Å². The summed E-state index contributed by atoms with van der Waals surface area (Å²) in [6.45, 7) is -0.566. The average molecular weight is 342 g/mol. The molecule has 1 atom stereocenters. The Bertz CT molecular complexity index is 695. The highest BCUT2D eigenvalue weighted by molar-refractivity contribution is 5.95. The number of nitrogens with one attached hydrogen (secondary N) is 1. The Morgan fingerprint density at radius 1 is 1.33 bits per heavy atom. The standard InChI is InChI=1S/C16H17F3N2O3/c1-24-12-3-2-10(6-11(12)17)13(22)21-8-15(4-5-20-14(15)23)7-16(18,19)9-21/h2-3,6H,4-5,7-9H2,1H3,(H,20,23)/t15-/m0/s1. The van der Waals surface area contributed by atoms with Gasteiger partial charge >= 0.3 is 0 Å². The molecule has 1 N–H and O–H groups in total. The van der Waals surface area contributed by atoms with Gasteiger partial charge in [0.1, 0.15) is 0 Å². The van der Waals surface area contributed by atoms with E-state index in [0.717, 1.165) is 11.0 Å². The van der Waals surface area contributed by atoms with Gasteiger partial charge in [-0.25, -0.2) is 13.2 Å². The van der Waals surface area contributed by atoms with Crippen LogP contribution in [0, 0.1) is 11.2 Å². The first-order valence-corrected chi connectivity index (χ1v) is 7.55. The molecule has 5 nitrogen and oxygen atoms in total. The van der Waals surface area contributed by atoms with E-state index in [4.69, 9.17) is 4.74 Å². The number of likely N-dealkylation sites (tertiary alicyclic amines) is 1. The summed E-state index contributed by atoms with van der Waals surface area (Å²) in [4.78, 5) is 25.5. The lowest BCUT2D eigenvalue weighted by Gasteiger charge is -2.42. The molecule has 130 valence electrons. The number of alkyl halides is 2. The molecule has 1 spiro atoms. The van der Waals surface area contributed by atoms with Crippen LogP contribution in [-0.2, 0) is 4.79 Å². The lowest BCUT2D eigenvalue weighted by molar-refractivity contribution is -0.144. The molecule has 0 radical (unpaired) electrons. The molecule has 0 saturated carbocycles. The summed E-state index contributed by atoms with van der Waals surface area (Å²) in [5, 5.41) is 2.55. The molecule has 2 aliphatic heterocycles. The van der Waals surface area contributed by atoms with Gasteiger partial charge in [-0.2, -0.15) is 0 Å². The van der Waals surface area contributed by atoms with Gasteiger partial charge in [0.2, 0.25) is 5.91 Å². The van der Waals surface area contributed by atoms with E-state index in [2.05, 4.69) is 5.32 Å². The minimum absolute atomic E-state index is 0.0397. The number of carbonyl (C=O) groups excluding carboxylic acids is 2. The summed E-state index contributed by atoms with van der Waals surface area (Å²) in [7, 11) is 1.29. The number of carbonyl (C=O) groups is 2. The molecule has 2 fully saturated rings. The topological polar surface area (TPSA) is 58.6 Å². The molecule has 8 heteroatoms. The van der Waals surface area contributed by atoms with Gasteiger partial charge in [-0.15, -0.1) is 0 Å². The number of hydrogen-bond donors (Lipinski definition) is 1. The zero-order chi connectivity index (χ0) is 17.5. The number of amides is 2. The molecule has 0 bridgehead atoms. The van der Waals surface area contributed by atoms with E-state index in [1.54, 1.807) is 0 Å². The number of rotatable bonds is 2. The zero-order valence-corrected chi connectivity index (χ0v) is 13.1. The minimum Gasteiger partial charge on any atom is -0.494 e. The molecule has 0 aromatic heterocycles. The van der Waals surface area contributed by atoms with Gasteiger partial charge in [0.05, 0.1) is 19.1 Å². The van der Waals surface area contributed by atoms with Crippen LogP contribution in [0.15, 0.2) is 18.2 Å². The first-order valence-electron chi connectivity index (χ1n) is 7.55. The quantitative estimate of drug-likeness (QED) is 0.892. The van der Waals surface area contributed by atoms with Crippen molar-refractivity contribution in [3.63, 3.8) is 0 Å². The van der Waals surface area contributed by atoms with Crippen LogP contribution in [-0.4, -0.2) is 49.4 Å². The molecule has 2 aliphatic rings. The van der Waals surface area contributed by atoms with E-state index in [0.29, 0.717) is 6.54 Å². The van der Waals surface area contributed by atoms with Crippen molar-refractivity contribution in [1.82, 2.24) is 10.2 Å². The van der Waals surface area contributed by atoms with Gasteiger partial charge in [0.25, 0.3) is 11.8 Å². The molecule has 1 aromatic carbocycles. The van der Waals surface area contributed by atoms with Crippen molar-refractivity contribution in [3.8, 4) is 5.75 Å². The largest absolute Gasteiger partial charge is 0.494 e. The van der Waals surface area contributed by atoms with Crippen LogP contribution in [0.5, 0.6) is 5.75 Å². The maximum absolute atomic E-state index is 14.1. The van der Waals surface area contributed by atoms with Gasteiger partial charge in [0, 0.05) is 25.1 Å². The number of nitrogens with zero attached hydrogens (tertiary/aromatic N) is 1. The smallest absolute Gasteiger partial charge is 0.266 e. The lowest BCUT2D eigenvalue weighted by Crippen LogP contribution is -2.56. The first kappa shape index (κ1) is 16.6. The van der Waals surface area contributed by atoms with Gasteiger partial charge < -0.3 is 15.0 Å². The number of methoxy groups -OCH3 is 1. The van der Waals surface area contributed by atoms with Crippen LogP contribution in [0.3, 0.4) is 0 Å². The Morgan fingerprint density at radius 3 is 2.67 bits per heavy atom. The van der Waals surface area contributed by atoms with Crippen LogP contribution in [0.2, 0.25) is 0 Å². The fourth-order valence-corrected chi connectivity index (χ4v) is 3.47. The second-order valence-electron chi connectivity index (χ2n) is 6.33. The number of halogens is 3. The lowest BCUT2D eigenvalue weighted by atomic mass is 9.77. The van der Waals surface area contributed by atoms with Crippen molar-refractivity contribution in [3.05, 3.63) is 29.6 Å². The van der Waals surface area contributed by atoms with E-state index >= 15 is 0 Å². The van der Waals surface area contributed by atoms with Gasteiger partial charge in [0.15, 0.2) is 11.6 Å². The summed E-state index contributed by atoms with van der Waals surface area (Å²) in [5.41, 5.74) is -1.33. The first-order chi connectivity index (χ1) is 11.3. The van der Waals surface area contributed by atoms with E-state index in [9.17, 15) is 22.8 Å². The molecular formula is C16H17F3N2O3. The Kier molecular flexibility index (Phi) is 3.93.